The van der Waals surface area contributed by atoms with Crippen LogP contribution in [-0.4, -0.2) is 16.2 Å². The third-order valence-electron chi connectivity index (χ3n) is 13.8. The molecule has 348 valence electrons. The van der Waals surface area contributed by atoms with Gasteiger partial charge in [-0.25, -0.2) is 4.98 Å². The zero-order chi connectivity index (χ0) is 48.6. The number of aromatic nitrogens is 2. The number of pyridine rings is 1. The Balaban J connectivity index is 1.20. The second kappa shape index (κ2) is 16.9. The third kappa shape index (κ3) is 8.73. The van der Waals surface area contributed by atoms with Gasteiger partial charge in [-0.1, -0.05) is 188 Å². The average molecular weight is 899 g/mol. The number of hydrogen-bond donors (Lipinski definition) is 0. The van der Waals surface area contributed by atoms with Gasteiger partial charge in [0.05, 0.1) is 17.7 Å². The van der Waals surface area contributed by atoms with Crippen LogP contribution < -0.4 is 14.5 Å². The van der Waals surface area contributed by atoms with Crippen molar-refractivity contribution in [2.45, 2.75) is 113 Å². The Morgan fingerprint density at radius 2 is 1.06 bits per heavy atom. The molecule has 1 aliphatic heterocycles. The molecule has 0 saturated heterocycles. The summed E-state index contributed by atoms with van der Waals surface area (Å²) in [5, 5.41) is 2.40. The van der Waals surface area contributed by atoms with Gasteiger partial charge in [0.2, 0.25) is 0 Å². The van der Waals surface area contributed by atoms with Crippen molar-refractivity contribution in [1.82, 2.24) is 9.55 Å². The first-order valence-corrected chi connectivity index (χ1v) is 24.4. The summed E-state index contributed by atoms with van der Waals surface area (Å²) in [5.41, 5.74) is 13.8. The Labute approximate surface area is 406 Å². The summed E-state index contributed by atoms with van der Waals surface area (Å²) in [5.74, 6) is 2.46. The van der Waals surface area contributed by atoms with Gasteiger partial charge >= 0.3 is 0 Å². The van der Waals surface area contributed by atoms with Gasteiger partial charge in [0, 0.05) is 68.1 Å². The lowest BCUT2D eigenvalue weighted by Crippen LogP contribution is -2.31. The van der Waals surface area contributed by atoms with E-state index in [-0.39, 0.29) is 27.1 Å². The maximum Gasteiger partial charge on any atom is 0.137 e. The van der Waals surface area contributed by atoms with Gasteiger partial charge in [0.15, 0.2) is 0 Å². The minimum Gasteiger partial charge on any atom is -0.457 e. The van der Waals surface area contributed by atoms with Crippen LogP contribution in [-0.2, 0) is 16.2 Å². The van der Waals surface area contributed by atoms with E-state index in [0.717, 1.165) is 34.0 Å². The van der Waals surface area contributed by atoms with Crippen molar-refractivity contribution >= 4 is 33.2 Å². The number of para-hydroxylation sites is 1. The summed E-state index contributed by atoms with van der Waals surface area (Å²) < 4.78 is 9.51. The molecule has 0 N–H and O–H groups in total. The van der Waals surface area contributed by atoms with Crippen molar-refractivity contribution in [3.8, 4) is 28.4 Å². The van der Waals surface area contributed by atoms with Gasteiger partial charge < -0.3 is 14.5 Å². The fraction of sp³-hybridized carbons (Fsp3) is 0.317. The molecule has 6 aromatic carbocycles. The second-order valence-corrected chi connectivity index (χ2v) is 23.5. The summed E-state index contributed by atoms with van der Waals surface area (Å²) in [6, 6.07) is 55.2. The predicted octanol–water partition coefficient (Wildman–Crippen LogP) is 17.1. The number of ether oxygens (including phenoxy) is 1. The Morgan fingerprint density at radius 3 is 1.71 bits per heavy atom. The maximum absolute atomic E-state index is 7.18. The van der Waals surface area contributed by atoms with E-state index in [0.29, 0.717) is 6.67 Å². The average Bonchev–Trinajstić information content (AvgIpc) is 3.87. The number of benzene rings is 6. The molecule has 5 nitrogen and oxygen atoms in total. The van der Waals surface area contributed by atoms with E-state index in [1.165, 1.54) is 61.2 Å². The molecule has 0 spiro atoms. The Kier molecular flexibility index (Phi) is 11.5. The molecule has 0 bridgehead atoms. The number of hydrogen-bond acceptors (Lipinski definition) is 4. The molecule has 1 aliphatic rings. The fourth-order valence-corrected chi connectivity index (χ4v) is 10.2. The fourth-order valence-electron chi connectivity index (χ4n) is 10.2. The van der Waals surface area contributed by atoms with E-state index in [1.807, 2.05) is 6.20 Å². The third-order valence-corrected chi connectivity index (χ3v) is 13.8. The number of allylic oxidation sites excluding steroid dienone is 2. The topological polar surface area (TPSA) is 33.5 Å². The zero-order valence-corrected chi connectivity index (χ0v) is 42.9. The van der Waals surface area contributed by atoms with Crippen molar-refractivity contribution in [3.63, 3.8) is 0 Å². The Bertz CT molecular complexity index is 3180. The lowest BCUT2D eigenvalue weighted by Gasteiger charge is -2.34. The largest absolute Gasteiger partial charge is 0.457 e. The van der Waals surface area contributed by atoms with Gasteiger partial charge in [-0.05, 0) is 92.7 Å². The molecular weight excluding hydrogens is 829 g/mol. The van der Waals surface area contributed by atoms with Crippen LogP contribution in [0.2, 0.25) is 0 Å². The molecule has 0 amide bonds. The molecule has 5 heteroatoms. The molecular formula is C63H70N4O. The molecule has 3 heterocycles. The molecule has 0 fully saturated rings. The first-order chi connectivity index (χ1) is 32.0. The highest BCUT2D eigenvalue weighted by atomic mass is 16.5. The highest BCUT2D eigenvalue weighted by molar-refractivity contribution is 6.11. The monoisotopic (exact) mass is 899 g/mol. The summed E-state index contributed by atoms with van der Waals surface area (Å²) >= 11 is 0. The van der Waals surface area contributed by atoms with E-state index in [4.69, 9.17) is 9.72 Å². The standard InChI is InChI=1S/C63H70N4O/c1-59(2,3)45-32-33-64-55(37-45)67-53-31-22-21-30-51(53)56-52(63(13,14)44-26-19-16-20-27-44)39-50(40-54(56)67)68-49-29-23-28-47(38-49)65-41-66(58(62(10,11)12)57(65)61(7,8)9)48-35-43(42-24-17-15-18-25-42)34-46(36-48)60(4,5)6/h15-40H,41H2,1-14H3. The predicted molar refractivity (Wildman–Crippen MR) is 289 cm³/mol. The molecule has 0 unspecified atom stereocenters. The summed E-state index contributed by atoms with van der Waals surface area (Å²) in [7, 11) is 0. The summed E-state index contributed by atoms with van der Waals surface area (Å²) in [4.78, 5) is 10.1. The number of fused-ring (bicyclic) bond motifs is 3. The van der Waals surface area contributed by atoms with Gasteiger partial charge in [0.25, 0.3) is 0 Å². The van der Waals surface area contributed by atoms with E-state index in [9.17, 15) is 0 Å². The first kappa shape index (κ1) is 46.5. The minimum absolute atomic E-state index is 0.0381. The Morgan fingerprint density at radius 1 is 0.441 bits per heavy atom. The van der Waals surface area contributed by atoms with Crippen molar-refractivity contribution in [2.75, 3.05) is 16.5 Å². The molecule has 0 aliphatic carbocycles. The van der Waals surface area contributed by atoms with Crippen LogP contribution in [0.1, 0.15) is 119 Å². The van der Waals surface area contributed by atoms with Crippen molar-refractivity contribution in [3.05, 3.63) is 192 Å². The van der Waals surface area contributed by atoms with Crippen LogP contribution in [0.4, 0.5) is 11.4 Å². The van der Waals surface area contributed by atoms with E-state index in [1.54, 1.807) is 0 Å². The lowest BCUT2D eigenvalue weighted by atomic mass is 9.76. The number of anilines is 2. The Hall–Kier alpha value is -6.59. The van der Waals surface area contributed by atoms with Crippen LogP contribution in [0.3, 0.4) is 0 Å². The summed E-state index contributed by atoms with van der Waals surface area (Å²) in [6.45, 7) is 33.2. The van der Waals surface area contributed by atoms with Gasteiger partial charge in [-0.3, -0.25) is 4.57 Å². The second-order valence-electron chi connectivity index (χ2n) is 23.5. The van der Waals surface area contributed by atoms with Crippen molar-refractivity contribution < 1.29 is 4.74 Å². The lowest BCUT2D eigenvalue weighted by molar-refractivity contribution is 0.444. The van der Waals surface area contributed by atoms with E-state index < -0.39 is 0 Å². The van der Waals surface area contributed by atoms with E-state index in [2.05, 4.69) is 263 Å². The van der Waals surface area contributed by atoms with Crippen LogP contribution in [0.25, 0.3) is 38.8 Å². The van der Waals surface area contributed by atoms with Crippen molar-refractivity contribution in [1.29, 1.82) is 0 Å². The highest BCUT2D eigenvalue weighted by Gasteiger charge is 2.42. The van der Waals surface area contributed by atoms with Gasteiger partial charge in [-0.2, -0.15) is 0 Å². The molecule has 2 aromatic heterocycles. The first-order valence-electron chi connectivity index (χ1n) is 24.4. The molecule has 9 rings (SSSR count). The zero-order valence-electron chi connectivity index (χ0n) is 42.9. The smallest absolute Gasteiger partial charge is 0.137 e. The summed E-state index contributed by atoms with van der Waals surface area (Å²) in [6.07, 6.45) is 1.95. The molecule has 8 aromatic rings. The SMILES string of the molecule is CC(C)(C)C1=C(C(C)(C)C)N(c2cc(-c3ccccc3)cc(C(C)(C)C)c2)CN1c1cccc(Oc2cc(C(C)(C)c3ccccc3)c3c4ccccc4n(-c4cc(C(C)(C)C)ccn4)c3c2)c1. The van der Waals surface area contributed by atoms with Crippen LogP contribution in [0.15, 0.2) is 169 Å². The van der Waals surface area contributed by atoms with Crippen LogP contribution >= 0.6 is 0 Å². The number of nitrogens with zero attached hydrogens (tertiary/aromatic N) is 4. The normalized spacial score (nSPS) is 14.1. The van der Waals surface area contributed by atoms with Gasteiger partial charge in [-0.15, -0.1) is 0 Å². The highest BCUT2D eigenvalue weighted by Crippen LogP contribution is 2.50. The van der Waals surface area contributed by atoms with Crippen LogP contribution in [0, 0.1) is 10.8 Å². The van der Waals surface area contributed by atoms with E-state index >= 15 is 0 Å². The van der Waals surface area contributed by atoms with Crippen molar-refractivity contribution in [2.24, 2.45) is 10.8 Å². The van der Waals surface area contributed by atoms with Gasteiger partial charge in [0.1, 0.15) is 17.3 Å². The molecule has 0 saturated carbocycles. The molecule has 0 radical (unpaired) electrons. The molecule has 0 atom stereocenters. The van der Waals surface area contributed by atoms with Crippen LogP contribution in [0.5, 0.6) is 11.5 Å². The maximum atomic E-state index is 7.18. The molecule has 68 heavy (non-hydrogen) atoms. The number of rotatable bonds is 8. The quantitative estimate of drug-likeness (QED) is 0.152. The minimum atomic E-state index is -0.365.